The van der Waals surface area contributed by atoms with Crippen LogP contribution < -0.4 is 5.32 Å². The van der Waals surface area contributed by atoms with Crippen LogP contribution in [0.15, 0.2) is 181 Å². The summed E-state index contributed by atoms with van der Waals surface area (Å²) >= 11 is 0. The van der Waals surface area contributed by atoms with Gasteiger partial charge < -0.3 is 5.32 Å². The molecule has 0 saturated heterocycles. The van der Waals surface area contributed by atoms with E-state index in [-0.39, 0.29) is 6.17 Å². The van der Waals surface area contributed by atoms with Crippen molar-refractivity contribution in [1.82, 2.24) is 9.88 Å². The quantitative estimate of drug-likeness (QED) is 0.186. The third-order valence-electron chi connectivity index (χ3n) is 10.8. The predicted octanol–water partition coefficient (Wildman–Crippen LogP) is 12.2. The van der Waals surface area contributed by atoms with Gasteiger partial charge in [-0.3, -0.25) is 4.57 Å². The first-order valence-corrected chi connectivity index (χ1v) is 17.6. The van der Waals surface area contributed by atoms with E-state index in [2.05, 4.69) is 186 Å². The maximum atomic E-state index is 5.67. The zero-order chi connectivity index (χ0) is 33.5. The maximum absolute atomic E-state index is 5.67. The number of fused-ring (bicyclic) bond motifs is 13. The van der Waals surface area contributed by atoms with E-state index in [4.69, 9.17) is 4.99 Å². The molecule has 10 aromatic rings. The fraction of sp³-hybridized carbons (Fsp3) is 0.0208. The number of hydrogen-bond donors (Lipinski definition) is 1. The Hall–Kier alpha value is -6.71. The van der Waals surface area contributed by atoms with Gasteiger partial charge in [-0.25, -0.2) is 4.99 Å². The first kappa shape index (κ1) is 28.2. The molecule has 238 valence electrons. The highest BCUT2D eigenvalue weighted by molar-refractivity contribution is 6.38. The Morgan fingerprint density at radius 2 is 1.06 bits per heavy atom. The van der Waals surface area contributed by atoms with Gasteiger partial charge in [0.05, 0.1) is 11.0 Å². The monoisotopic (exact) mass is 649 g/mol. The lowest BCUT2D eigenvalue weighted by molar-refractivity contribution is 0.665. The summed E-state index contributed by atoms with van der Waals surface area (Å²) in [4.78, 5) is 5.67. The first-order valence-electron chi connectivity index (χ1n) is 17.6. The Morgan fingerprint density at radius 1 is 0.451 bits per heavy atom. The maximum Gasteiger partial charge on any atom is 0.147 e. The molecule has 0 spiro atoms. The fourth-order valence-electron chi connectivity index (χ4n) is 8.56. The highest BCUT2D eigenvalue weighted by Crippen LogP contribution is 2.44. The number of benzene rings is 9. The molecule has 9 aromatic carbocycles. The molecule has 1 aromatic heterocycles. The number of nitrogens with one attached hydrogen (secondary N) is 1. The van der Waals surface area contributed by atoms with Crippen LogP contribution in [0.5, 0.6) is 0 Å². The van der Waals surface area contributed by atoms with E-state index in [9.17, 15) is 0 Å². The van der Waals surface area contributed by atoms with Crippen molar-refractivity contribution in [2.45, 2.75) is 6.17 Å². The van der Waals surface area contributed by atoms with Gasteiger partial charge in [-0.05, 0) is 60.8 Å². The van der Waals surface area contributed by atoms with Crippen molar-refractivity contribution in [2.24, 2.45) is 4.99 Å². The Kier molecular flexibility index (Phi) is 6.02. The van der Waals surface area contributed by atoms with Gasteiger partial charge >= 0.3 is 0 Å². The summed E-state index contributed by atoms with van der Waals surface area (Å²) in [5, 5.41) is 18.8. The summed E-state index contributed by atoms with van der Waals surface area (Å²) in [6.45, 7) is 0. The van der Waals surface area contributed by atoms with Crippen molar-refractivity contribution in [3.63, 3.8) is 0 Å². The molecular formula is C48H31N3. The fourth-order valence-corrected chi connectivity index (χ4v) is 8.56. The number of rotatable bonds is 2. The Bertz CT molecular complexity index is 3110. The molecule has 3 heteroatoms. The minimum Gasteiger partial charge on any atom is -0.359 e. The molecule has 0 amide bonds. The van der Waals surface area contributed by atoms with Gasteiger partial charge in [-0.1, -0.05) is 158 Å². The minimum absolute atomic E-state index is 0.321. The second-order valence-electron chi connectivity index (χ2n) is 13.5. The van der Waals surface area contributed by atoms with Crippen LogP contribution in [-0.4, -0.2) is 10.4 Å². The van der Waals surface area contributed by atoms with Crippen LogP contribution >= 0.6 is 0 Å². The van der Waals surface area contributed by atoms with Crippen molar-refractivity contribution in [3.05, 3.63) is 187 Å². The second-order valence-corrected chi connectivity index (χ2v) is 13.5. The average Bonchev–Trinajstić information content (AvgIpc) is 3.56. The van der Waals surface area contributed by atoms with Crippen molar-refractivity contribution < 1.29 is 0 Å². The molecule has 0 radical (unpaired) electrons. The van der Waals surface area contributed by atoms with Crippen LogP contribution in [0.1, 0.15) is 17.3 Å². The molecular weight excluding hydrogens is 619 g/mol. The molecule has 0 saturated carbocycles. The largest absolute Gasteiger partial charge is 0.359 e. The van der Waals surface area contributed by atoms with Crippen LogP contribution in [0.25, 0.3) is 81.4 Å². The summed E-state index contributed by atoms with van der Waals surface area (Å²) in [5.41, 5.74) is 5.66. The van der Waals surface area contributed by atoms with Gasteiger partial charge in [-0.2, -0.15) is 0 Å². The second kappa shape index (κ2) is 10.9. The van der Waals surface area contributed by atoms with Gasteiger partial charge in [0.1, 0.15) is 12.0 Å². The molecule has 0 aliphatic carbocycles. The van der Waals surface area contributed by atoms with Crippen LogP contribution in [0.2, 0.25) is 0 Å². The third kappa shape index (κ3) is 4.15. The van der Waals surface area contributed by atoms with E-state index < -0.39 is 0 Å². The van der Waals surface area contributed by atoms with Gasteiger partial charge in [0.2, 0.25) is 0 Å². The number of nitrogens with zero attached hydrogens (tertiary/aromatic N) is 2. The Morgan fingerprint density at radius 3 is 1.86 bits per heavy atom. The SMILES string of the molecule is C1=C(c2ccccc2)NC(c2cc3ccccc3c3ccccc23)N=C1n1c2ccccc2c2c3c4ccccc4ccc3c3ccccc3c21. The van der Waals surface area contributed by atoms with E-state index in [1.807, 2.05) is 0 Å². The Balaban J connectivity index is 1.29. The molecule has 1 aliphatic rings. The first-order chi connectivity index (χ1) is 25.3. The standard InChI is InChI=1S/C48H31N3/c1-2-15-31(16-3-1)42-29-44(50-48(49-42)41-28-32-17-5-6-18-33(32)35-20-8-9-21-36(35)41)51-43-25-13-12-24-40(43)46-45-34-19-7-4-14-30(34)26-27-38(45)37-22-10-11-23-39(37)47(46)51/h1-29,48-49H. The van der Waals surface area contributed by atoms with E-state index in [0.717, 1.165) is 28.2 Å². The van der Waals surface area contributed by atoms with E-state index in [1.165, 1.54) is 70.2 Å². The topological polar surface area (TPSA) is 29.3 Å². The molecule has 11 rings (SSSR count). The summed E-state index contributed by atoms with van der Waals surface area (Å²) in [6, 6.07) is 61.5. The van der Waals surface area contributed by atoms with Crippen molar-refractivity contribution in [1.29, 1.82) is 0 Å². The van der Waals surface area contributed by atoms with Gasteiger partial charge in [0.15, 0.2) is 0 Å². The predicted molar refractivity (Wildman–Crippen MR) is 217 cm³/mol. The lowest BCUT2D eigenvalue weighted by Gasteiger charge is -2.27. The van der Waals surface area contributed by atoms with Gasteiger partial charge in [-0.15, -0.1) is 0 Å². The molecule has 1 N–H and O–H groups in total. The number of aromatic nitrogens is 1. The van der Waals surface area contributed by atoms with E-state index in [1.54, 1.807) is 0 Å². The molecule has 1 aliphatic heterocycles. The number of para-hydroxylation sites is 1. The third-order valence-corrected chi connectivity index (χ3v) is 10.8. The molecule has 0 bridgehead atoms. The van der Waals surface area contributed by atoms with Crippen LogP contribution in [0.4, 0.5) is 0 Å². The molecule has 1 unspecified atom stereocenters. The van der Waals surface area contributed by atoms with Gasteiger partial charge in [0.25, 0.3) is 0 Å². The van der Waals surface area contributed by atoms with Crippen molar-refractivity contribution >= 4 is 87.2 Å². The lowest BCUT2D eigenvalue weighted by atomic mass is 9.93. The normalized spacial score (nSPS) is 14.9. The van der Waals surface area contributed by atoms with Crippen LogP contribution in [0.3, 0.4) is 0 Å². The Labute approximate surface area is 294 Å². The van der Waals surface area contributed by atoms with Crippen LogP contribution in [-0.2, 0) is 0 Å². The van der Waals surface area contributed by atoms with Gasteiger partial charge in [0, 0.05) is 38.9 Å². The molecule has 2 heterocycles. The summed E-state index contributed by atoms with van der Waals surface area (Å²) in [6.07, 6.45) is 1.92. The smallest absolute Gasteiger partial charge is 0.147 e. The minimum atomic E-state index is -0.321. The number of aliphatic imine (C=N–C) groups is 1. The van der Waals surface area contributed by atoms with Crippen molar-refractivity contribution in [3.8, 4) is 0 Å². The lowest BCUT2D eigenvalue weighted by Crippen LogP contribution is -2.27. The van der Waals surface area contributed by atoms with E-state index >= 15 is 0 Å². The van der Waals surface area contributed by atoms with E-state index in [0.29, 0.717) is 0 Å². The molecule has 0 fully saturated rings. The highest BCUT2D eigenvalue weighted by Gasteiger charge is 2.26. The highest BCUT2D eigenvalue weighted by atomic mass is 15.2. The molecule has 3 nitrogen and oxygen atoms in total. The zero-order valence-corrected chi connectivity index (χ0v) is 27.7. The average molecular weight is 650 g/mol. The van der Waals surface area contributed by atoms with Crippen molar-refractivity contribution in [2.75, 3.05) is 0 Å². The van der Waals surface area contributed by atoms with Crippen LogP contribution in [0, 0.1) is 0 Å². The molecule has 51 heavy (non-hydrogen) atoms. The number of allylic oxidation sites excluding steroid dienone is 1. The zero-order valence-electron chi connectivity index (χ0n) is 27.7. The summed E-state index contributed by atoms with van der Waals surface area (Å²) in [7, 11) is 0. The molecule has 1 atom stereocenters. The summed E-state index contributed by atoms with van der Waals surface area (Å²) in [5.74, 6) is 0.908. The summed E-state index contributed by atoms with van der Waals surface area (Å²) < 4.78 is 2.42. The number of hydrogen-bond acceptors (Lipinski definition) is 2.